The molecule has 1 N–H and O–H groups in total. The van der Waals surface area contributed by atoms with E-state index < -0.39 is 0 Å². The van der Waals surface area contributed by atoms with E-state index in [1.165, 1.54) is 11.8 Å². The highest BCUT2D eigenvalue weighted by Gasteiger charge is 2.18. The minimum absolute atomic E-state index is 0.128. The molecular weight excluding hydrogens is 370 g/mol. The molecule has 0 unspecified atom stereocenters. The molecule has 0 fully saturated rings. The number of hydrogen-bond donors (Lipinski definition) is 1. The zero-order chi connectivity index (χ0) is 18.7. The summed E-state index contributed by atoms with van der Waals surface area (Å²) in [7, 11) is 1.55. The second-order valence-electron chi connectivity index (χ2n) is 5.69. The van der Waals surface area contributed by atoms with E-state index in [0.29, 0.717) is 22.3 Å². The number of aryl methyl sites for hydroxylation is 1. The topological polar surface area (TPSA) is 64.1 Å². The third kappa shape index (κ3) is 4.08. The lowest BCUT2D eigenvalue weighted by molar-refractivity contribution is -0.115. The Morgan fingerprint density at radius 3 is 2.73 bits per heavy atom. The molecule has 0 aliphatic heterocycles. The van der Waals surface area contributed by atoms with Crippen LogP contribution in [0.3, 0.4) is 0 Å². The van der Waals surface area contributed by atoms with Crippen LogP contribution < -0.4 is 10.1 Å². The Kier molecular flexibility index (Phi) is 5.64. The van der Waals surface area contributed by atoms with Crippen LogP contribution in [0, 0.1) is 6.92 Å². The fourth-order valence-electron chi connectivity index (χ4n) is 2.46. The minimum Gasteiger partial charge on any atom is -0.495 e. The highest BCUT2D eigenvalue weighted by molar-refractivity contribution is 8.00. The van der Waals surface area contributed by atoms with Crippen molar-refractivity contribution in [2.24, 2.45) is 0 Å². The molecule has 2 aromatic carbocycles. The molecule has 1 heterocycles. The molecule has 0 spiro atoms. The number of carbonyl (C=O) groups is 1. The number of nitrogens with zero attached hydrogens (tertiary/aromatic N) is 2. The molecule has 5 nitrogen and oxygen atoms in total. The van der Waals surface area contributed by atoms with Gasteiger partial charge in [-0.1, -0.05) is 41.6 Å². The molecule has 3 aromatic rings. The van der Waals surface area contributed by atoms with E-state index in [-0.39, 0.29) is 11.2 Å². The molecule has 1 atom stereocenters. The Labute approximate surface area is 161 Å². The summed E-state index contributed by atoms with van der Waals surface area (Å²) >= 11 is 7.51. The second kappa shape index (κ2) is 7.93. The van der Waals surface area contributed by atoms with Crippen LogP contribution in [-0.4, -0.2) is 28.2 Å². The number of aromatic nitrogens is 2. The molecule has 0 saturated carbocycles. The predicted molar refractivity (Wildman–Crippen MR) is 106 cm³/mol. The van der Waals surface area contributed by atoms with Crippen molar-refractivity contribution in [3.05, 3.63) is 53.3 Å². The van der Waals surface area contributed by atoms with Crippen LogP contribution in [0.4, 0.5) is 5.69 Å². The van der Waals surface area contributed by atoms with Crippen LogP contribution in [0.15, 0.2) is 47.5 Å². The van der Waals surface area contributed by atoms with Gasteiger partial charge >= 0.3 is 0 Å². The lowest BCUT2D eigenvalue weighted by Crippen LogP contribution is -2.22. The van der Waals surface area contributed by atoms with E-state index in [0.717, 1.165) is 15.9 Å². The number of para-hydroxylation sites is 1. The molecule has 26 heavy (non-hydrogen) atoms. The molecule has 0 aliphatic carbocycles. The van der Waals surface area contributed by atoms with Crippen LogP contribution in [0.25, 0.3) is 10.9 Å². The maximum Gasteiger partial charge on any atom is 0.237 e. The van der Waals surface area contributed by atoms with E-state index in [9.17, 15) is 4.79 Å². The molecule has 3 rings (SSSR count). The predicted octanol–water partition coefficient (Wildman–Crippen LogP) is 4.72. The monoisotopic (exact) mass is 387 g/mol. The molecule has 7 heteroatoms. The average molecular weight is 388 g/mol. The number of benzene rings is 2. The molecule has 0 bridgehead atoms. The molecule has 1 aromatic heterocycles. The lowest BCUT2D eigenvalue weighted by Gasteiger charge is -2.14. The number of nitrogens with one attached hydrogen (secondary N) is 1. The summed E-state index contributed by atoms with van der Waals surface area (Å²) in [6.07, 6.45) is 0. The Morgan fingerprint density at radius 2 is 2.00 bits per heavy atom. The quantitative estimate of drug-likeness (QED) is 0.507. The van der Waals surface area contributed by atoms with Crippen LogP contribution in [0.1, 0.15) is 12.7 Å². The van der Waals surface area contributed by atoms with Crippen LogP contribution >= 0.6 is 23.4 Å². The average Bonchev–Trinajstić information content (AvgIpc) is 2.61. The van der Waals surface area contributed by atoms with Gasteiger partial charge in [-0.2, -0.15) is 0 Å². The third-order valence-electron chi connectivity index (χ3n) is 3.76. The summed E-state index contributed by atoms with van der Waals surface area (Å²) in [4.78, 5) is 21.5. The van der Waals surface area contributed by atoms with Gasteiger partial charge < -0.3 is 10.1 Å². The summed E-state index contributed by atoms with van der Waals surface area (Å²) in [6, 6.07) is 12.9. The van der Waals surface area contributed by atoms with E-state index in [1.807, 2.05) is 38.1 Å². The van der Waals surface area contributed by atoms with Crippen molar-refractivity contribution in [2.45, 2.75) is 24.1 Å². The Hall–Kier alpha value is -2.31. The van der Waals surface area contributed by atoms with E-state index in [4.69, 9.17) is 16.3 Å². The first kappa shape index (κ1) is 18.5. The highest BCUT2D eigenvalue weighted by atomic mass is 35.5. The van der Waals surface area contributed by atoms with Crippen molar-refractivity contribution in [3.63, 3.8) is 0 Å². The molecule has 0 saturated heterocycles. The molecule has 0 aliphatic rings. The second-order valence-corrected chi connectivity index (χ2v) is 7.43. The van der Waals surface area contributed by atoms with Crippen LogP contribution in [0.5, 0.6) is 5.75 Å². The number of amides is 1. The fourth-order valence-corrected chi connectivity index (χ4v) is 3.70. The normalized spacial score (nSPS) is 12.0. The number of halogens is 1. The zero-order valence-corrected chi connectivity index (χ0v) is 16.2. The number of anilines is 1. The smallest absolute Gasteiger partial charge is 0.237 e. The summed E-state index contributed by atoms with van der Waals surface area (Å²) < 4.78 is 5.12. The lowest BCUT2D eigenvalue weighted by atomic mass is 10.2. The Morgan fingerprint density at radius 1 is 1.23 bits per heavy atom. The Bertz CT molecular complexity index is 965. The molecular formula is C19H18ClN3O2S. The number of fused-ring (bicyclic) bond motifs is 1. The van der Waals surface area contributed by atoms with Crippen LogP contribution in [0.2, 0.25) is 5.02 Å². The zero-order valence-electron chi connectivity index (χ0n) is 14.6. The summed E-state index contributed by atoms with van der Waals surface area (Å²) in [6.45, 7) is 3.69. The molecule has 134 valence electrons. The largest absolute Gasteiger partial charge is 0.495 e. The maximum absolute atomic E-state index is 12.6. The molecule has 1 amide bonds. The fraction of sp³-hybridized carbons (Fsp3) is 0.211. The van der Waals surface area contributed by atoms with Crippen molar-refractivity contribution in [2.75, 3.05) is 12.4 Å². The SMILES string of the molecule is COc1ccc(NC(=O)[C@@H](C)Sc2nc(C)nc3ccccc23)cc1Cl. The van der Waals surface area contributed by atoms with Crippen LogP contribution in [-0.2, 0) is 4.79 Å². The highest BCUT2D eigenvalue weighted by Crippen LogP contribution is 2.30. The van der Waals surface area contributed by atoms with Gasteiger partial charge in [-0.15, -0.1) is 0 Å². The van der Waals surface area contributed by atoms with Gasteiger partial charge in [0.05, 0.1) is 22.9 Å². The van der Waals surface area contributed by atoms with Gasteiger partial charge in [0.25, 0.3) is 0 Å². The van der Waals surface area contributed by atoms with Gasteiger partial charge in [0, 0.05) is 11.1 Å². The first-order valence-electron chi connectivity index (χ1n) is 8.02. The van der Waals surface area contributed by atoms with Gasteiger partial charge in [-0.25, -0.2) is 9.97 Å². The number of rotatable bonds is 5. The number of thioether (sulfide) groups is 1. The summed E-state index contributed by atoms with van der Waals surface area (Å²) in [5.41, 5.74) is 1.49. The standard InChI is InChI=1S/C19H18ClN3O2S/c1-11(18(24)23-13-8-9-17(25-3)15(20)10-13)26-19-14-6-4-5-7-16(14)21-12(2)22-19/h4-11H,1-3H3,(H,23,24)/t11-/m1/s1. The van der Waals surface area contributed by atoms with Gasteiger partial charge in [0.15, 0.2) is 0 Å². The number of ether oxygens (including phenoxy) is 1. The van der Waals surface area contributed by atoms with Crippen molar-refractivity contribution in [3.8, 4) is 5.75 Å². The summed E-state index contributed by atoms with van der Waals surface area (Å²) in [5.74, 6) is 1.12. The maximum atomic E-state index is 12.6. The van der Waals surface area contributed by atoms with Gasteiger partial charge in [-0.05, 0) is 38.1 Å². The number of carbonyl (C=O) groups excluding carboxylic acids is 1. The third-order valence-corrected chi connectivity index (χ3v) is 5.15. The van der Waals surface area contributed by atoms with Crippen molar-refractivity contribution >= 4 is 45.9 Å². The first-order chi connectivity index (χ1) is 12.5. The summed E-state index contributed by atoms with van der Waals surface area (Å²) in [5, 5.41) is 4.72. The number of methoxy groups -OCH3 is 1. The van der Waals surface area contributed by atoms with E-state index in [1.54, 1.807) is 25.3 Å². The first-order valence-corrected chi connectivity index (χ1v) is 9.28. The van der Waals surface area contributed by atoms with Gasteiger partial charge in [0.1, 0.15) is 16.6 Å². The van der Waals surface area contributed by atoms with Gasteiger partial charge in [0.2, 0.25) is 5.91 Å². The van der Waals surface area contributed by atoms with Gasteiger partial charge in [-0.3, -0.25) is 4.79 Å². The van der Waals surface area contributed by atoms with Crippen molar-refractivity contribution in [1.82, 2.24) is 9.97 Å². The van der Waals surface area contributed by atoms with E-state index >= 15 is 0 Å². The Balaban J connectivity index is 1.77. The molecule has 0 radical (unpaired) electrons. The van der Waals surface area contributed by atoms with E-state index in [2.05, 4.69) is 15.3 Å². The van der Waals surface area contributed by atoms with Crippen molar-refractivity contribution < 1.29 is 9.53 Å². The number of hydrogen-bond acceptors (Lipinski definition) is 5. The minimum atomic E-state index is -0.339. The van der Waals surface area contributed by atoms with Crippen molar-refractivity contribution in [1.29, 1.82) is 0 Å².